The van der Waals surface area contributed by atoms with Crippen LogP contribution in [0.1, 0.15) is 11.4 Å². The summed E-state index contributed by atoms with van der Waals surface area (Å²) in [6.45, 7) is -0.144. The van der Waals surface area contributed by atoms with E-state index in [2.05, 4.69) is 10.3 Å². The van der Waals surface area contributed by atoms with Gasteiger partial charge in [0.15, 0.2) is 0 Å². The highest BCUT2D eigenvalue weighted by molar-refractivity contribution is 5.93. The predicted molar refractivity (Wildman–Crippen MR) is 115 cm³/mol. The van der Waals surface area contributed by atoms with Crippen molar-refractivity contribution in [1.29, 1.82) is 0 Å². The van der Waals surface area contributed by atoms with Crippen molar-refractivity contribution >= 4 is 22.6 Å². The number of rotatable bonds is 7. The van der Waals surface area contributed by atoms with Crippen molar-refractivity contribution in [1.82, 2.24) is 9.55 Å². The molecule has 0 atom stereocenters. The average Bonchev–Trinajstić information content (AvgIpc) is 3.15. The van der Waals surface area contributed by atoms with Crippen LogP contribution < -0.4 is 10.1 Å². The molecule has 0 fully saturated rings. The third kappa shape index (κ3) is 4.91. The Kier molecular flexibility index (Phi) is 6.11. The Labute approximate surface area is 182 Å². The maximum absolute atomic E-state index is 13.5. The number of alkyl halides is 3. The quantitative estimate of drug-likeness (QED) is 0.424. The van der Waals surface area contributed by atoms with Crippen LogP contribution in [0.3, 0.4) is 0 Å². The molecule has 0 aliphatic heterocycles. The highest BCUT2D eigenvalue weighted by atomic mass is 19.4. The van der Waals surface area contributed by atoms with Crippen molar-refractivity contribution in [3.8, 4) is 5.75 Å². The van der Waals surface area contributed by atoms with Crippen molar-refractivity contribution in [3.05, 3.63) is 90.3 Å². The van der Waals surface area contributed by atoms with E-state index in [1.165, 1.54) is 12.1 Å². The van der Waals surface area contributed by atoms with Gasteiger partial charge in [-0.05, 0) is 29.8 Å². The van der Waals surface area contributed by atoms with Gasteiger partial charge in [-0.25, -0.2) is 4.98 Å². The number of hydrogen-bond donors (Lipinski definition) is 1. The van der Waals surface area contributed by atoms with E-state index in [0.29, 0.717) is 24.5 Å². The summed E-state index contributed by atoms with van der Waals surface area (Å²) < 4.78 is 47.1. The third-order valence-electron chi connectivity index (χ3n) is 4.86. The molecule has 1 N–H and O–H groups in total. The maximum atomic E-state index is 13.5. The molecule has 32 heavy (non-hydrogen) atoms. The van der Waals surface area contributed by atoms with Gasteiger partial charge >= 0.3 is 6.18 Å². The van der Waals surface area contributed by atoms with Crippen LogP contribution in [0.2, 0.25) is 0 Å². The minimum Gasteiger partial charge on any atom is -0.491 e. The molecule has 4 rings (SSSR count). The van der Waals surface area contributed by atoms with E-state index in [1.807, 2.05) is 30.3 Å². The normalized spacial score (nSPS) is 11.5. The molecule has 0 spiro atoms. The molecule has 0 bridgehead atoms. The van der Waals surface area contributed by atoms with Crippen molar-refractivity contribution < 1.29 is 22.7 Å². The summed E-state index contributed by atoms with van der Waals surface area (Å²) in [5.41, 5.74) is 1.92. The van der Waals surface area contributed by atoms with Gasteiger partial charge in [-0.1, -0.05) is 54.6 Å². The number of carbonyl (C=O) groups excluding carboxylic acids is 1. The summed E-state index contributed by atoms with van der Waals surface area (Å²) >= 11 is 0. The molecule has 0 aliphatic rings. The van der Waals surface area contributed by atoms with Gasteiger partial charge in [-0.2, -0.15) is 13.2 Å². The summed E-state index contributed by atoms with van der Waals surface area (Å²) in [4.78, 5) is 16.3. The number of benzene rings is 3. The van der Waals surface area contributed by atoms with Gasteiger partial charge in [0.25, 0.3) is 0 Å². The first-order valence-corrected chi connectivity index (χ1v) is 10.00. The Balaban J connectivity index is 1.48. The van der Waals surface area contributed by atoms with Gasteiger partial charge in [0.1, 0.15) is 12.3 Å². The Morgan fingerprint density at radius 1 is 0.938 bits per heavy atom. The highest BCUT2D eigenvalue weighted by Crippen LogP contribution is 2.31. The molecule has 0 unspecified atom stereocenters. The molecule has 8 heteroatoms. The minimum atomic E-state index is -4.68. The largest absolute Gasteiger partial charge is 0.491 e. The molecule has 0 aliphatic carbocycles. The molecular weight excluding hydrogens is 419 g/mol. The molecule has 1 heterocycles. The summed E-state index contributed by atoms with van der Waals surface area (Å²) in [6, 6.07) is 22.8. The van der Waals surface area contributed by atoms with Crippen LogP contribution in [0.4, 0.5) is 18.9 Å². The van der Waals surface area contributed by atoms with Gasteiger partial charge in [0, 0.05) is 6.42 Å². The first-order valence-electron chi connectivity index (χ1n) is 10.00. The standard InChI is InChI=1S/C24H20F3N3O2/c25-24(26,27)23-29-18-10-4-6-12-20(18)30(23)16-22(31)28-19-11-5-7-13-21(19)32-15-14-17-8-2-1-3-9-17/h1-13H,14-16H2,(H,28,31). The number of nitrogens with one attached hydrogen (secondary N) is 1. The van der Waals surface area contributed by atoms with Gasteiger partial charge in [-0.15, -0.1) is 0 Å². The van der Waals surface area contributed by atoms with Crippen molar-refractivity contribution in [2.24, 2.45) is 0 Å². The highest BCUT2D eigenvalue weighted by Gasteiger charge is 2.38. The fraction of sp³-hybridized carbons (Fsp3) is 0.167. The predicted octanol–water partition coefficient (Wildman–Crippen LogP) is 5.32. The van der Waals surface area contributed by atoms with E-state index in [4.69, 9.17) is 4.74 Å². The molecule has 0 radical (unpaired) electrons. The zero-order valence-electron chi connectivity index (χ0n) is 17.0. The van der Waals surface area contributed by atoms with Crippen LogP contribution in [0.25, 0.3) is 11.0 Å². The summed E-state index contributed by atoms with van der Waals surface area (Å²) in [5.74, 6) is -1.28. The lowest BCUT2D eigenvalue weighted by atomic mass is 10.2. The number of nitrogens with zero attached hydrogens (tertiary/aromatic N) is 2. The molecule has 4 aromatic rings. The van der Waals surface area contributed by atoms with E-state index in [1.54, 1.807) is 36.4 Å². The fourth-order valence-corrected chi connectivity index (χ4v) is 3.40. The lowest BCUT2D eigenvalue weighted by Gasteiger charge is -2.14. The number of ether oxygens (including phenoxy) is 1. The van der Waals surface area contributed by atoms with Gasteiger partial charge in [0.2, 0.25) is 11.7 Å². The van der Waals surface area contributed by atoms with Crippen molar-refractivity contribution in [2.45, 2.75) is 19.1 Å². The summed E-state index contributed by atoms with van der Waals surface area (Å²) in [5, 5.41) is 2.66. The van der Waals surface area contributed by atoms with Gasteiger partial charge in [0.05, 0.1) is 23.3 Å². The monoisotopic (exact) mass is 439 g/mol. The van der Waals surface area contributed by atoms with E-state index in [9.17, 15) is 18.0 Å². The molecule has 1 amide bonds. The molecular formula is C24H20F3N3O2. The second-order valence-corrected chi connectivity index (χ2v) is 7.14. The maximum Gasteiger partial charge on any atom is 0.449 e. The number of amides is 1. The first-order chi connectivity index (χ1) is 15.4. The second-order valence-electron chi connectivity index (χ2n) is 7.14. The lowest BCUT2D eigenvalue weighted by molar-refractivity contribution is -0.147. The molecule has 1 aromatic heterocycles. The van der Waals surface area contributed by atoms with Crippen molar-refractivity contribution in [2.75, 3.05) is 11.9 Å². The number of hydrogen-bond acceptors (Lipinski definition) is 3. The van der Waals surface area contributed by atoms with Gasteiger partial charge < -0.3 is 14.6 Å². The van der Waals surface area contributed by atoms with Gasteiger partial charge in [-0.3, -0.25) is 4.79 Å². The van der Waals surface area contributed by atoms with Crippen LogP contribution in [-0.4, -0.2) is 22.1 Å². The van der Waals surface area contributed by atoms with Crippen molar-refractivity contribution in [3.63, 3.8) is 0 Å². The lowest BCUT2D eigenvalue weighted by Crippen LogP contribution is -2.23. The number of imidazole rings is 1. The number of anilines is 1. The SMILES string of the molecule is O=C(Cn1c(C(F)(F)F)nc2ccccc21)Nc1ccccc1OCCc1ccccc1. The number of aromatic nitrogens is 2. The fourth-order valence-electron chi connectivity index (χ4n) is 3.40. The van der Waals surface area contributed by atoms with Crippen LogP contribution in [-0.2, 0) is 23.9 Å². The zero-order chi connectivity index (χ0) is 22.6. The van der Waals surface area contributed by atoms with Crippen LogP contribution in [0, 0.1) is 0 Å². The minimum absolute atomic E-state index is 0.178. The Hall–Kier alpha value is -3.81. The van der Waals surface area contributed by atoms with Crippen LogP contribution in [0.15, 0.2) is 78.9 Å². The van der Waals surface area contributed by atoms with E-state index in [-0.39, 0.29) is 11.0 Å². The Bertz CT molecular complexity index is 1220. The topological polar surface area (TPSA) is 56.2 Å². The smallest absolute Gasteiger partial charge is 0.449 e. The van der Waals surface area contributed by atoms with Crippen LogP contribution in [0.5, 0.6) is 5.75 Å². The summed E-state index contributed by atoms with van der Waals surface area (Å²) in [7, 11) is 0. The third-order valence-corrected chi connectivity index (χ3v) is 4.86. The molecule has 164 valence electrons. The number of halogens is 3. The molecule has 0 saturated heterocycles. The Morgan fingerprint density at radius 3 is 2.41 bits per heavy atom. The Morgan fingerprint density at radius 2 is 1.62 bits per heavy atom. The number of fused-ring (bicyclic) bond motifs is 1. The summed E-state index contributed by atoms with van der Waals surface area (Å²) in [6.07, 6.45) is -4.00. The number of carbonyl (C=O) groups is 1. The van der Waals surface area contributed by atoms with E-state index < -0.39 is 24.5 Å². The molecule has 3 aromatic carbocycles. The van der Waals surface area contributed by atoms with E-state index in [0.717, 1.165) is 10.1 Å². The molecule has 0 saturated carbocycles. The number of para-hydroxylation sites is 4. The first kappa shape index (κ1) is 21.4. The second kappa shape index (κ2) is 9.13. The van der Waals surface area contributed by atoms with Crippen LogP contribution >= 0.6 is 0 Å². The average molecular weight is 439 g/mol. The van der Waals surface area contributed by atoms with E-state index >= 15 is 0 Å². The zero-order valence-corrected chi connectivity index (χ0v) is 17.0. The molecule has 5 nitrogen and oxygen atoms in total.